The van der Waals surface area contributed by atoms with E-state index in [0.717, 1.165) is 46.6 Å². The van der Waals surface area contributed by atoms with Gasteiger partial charge in [0.15, 0.2) is 5.82 Å². The number of hydrogen-bond donors (Lipinski definition) is 1. The van der Waals surface area contributed by atoms with Gasteiger partial charge in [-0.15, -0.1) is 5.10 Å². The molecule has 3 aromatic carbocycles. The monoisotopic (exact) mass is 539 g/mol. The van der Waals surface area contributed by atoms with Gasteiger partial charge in [0, 0.05) is 37.3 Å². The Hall–Kier alpha value is -4.57. The first-order valence-corrected chi connectivity index (χ1v) is 13.3. The molecule has 1 fully saturated rings. The molecule has 3 heterocycles. The smallest absolute Gasteiger partial charge is 0.253 e. The highest BCUT2D eigenvalue weighted by Crippen LogP contribution is 2.32. The number of halogens is 1. The number of aromatic nitrogens is 5. The Morgan fingerprint density at radius 1 is 1.00 bits per heavy atom. The molecule has 1 aliphatic rings. The number of nitrogens with one attached hydrogen (secondary N) is 1. The van der Waals surface area contributed by atoms with Gasteiger partial charge in [0.05, 0.1) is 19.3 Å². The minimum Gasteiger partial charge on any atom is -0.495 e. The minimum atomic E-state index is -0.482. The SMILES string of the molecule is COc1ccccc1N1CCN([C@H](c2cc3cc(C)ccc3[nH]c2=O)c2nnnn2Cc2ccc(F)cc2)CC1. The number of nitrogens with zero attached hydrogens (tertiary/aromatic N) is 6. The van der Waals surface area contributed by atoms with Gasteiger partial charge in [-0.25, -0.2) is 9.07 Å². The summed E-state index contributed by atoms with van der Waals surface area (Å²) in [4.78, 5) is 21.2. The molecule has 0 unspecified atom stereocenters. The molecule has 0 radical (unpaired) electrons. The van der Waals surface area contributed by atoms with Crippen molar-refractivity contribution in [3.05, 3.63) is 111 Å². The molecule has 1 atom stereocenters. The number of H-pyrrole nitrogens is 1. The van der Waals surface area contributed by atoms with E-state index in [0.29, 0.717) is 31.0 Å². The molecule has 10 heteroatoms. The highest BCUT2D eigenvalue weighted by molar-refractivity contribution is 5.79. The second kappa shape index (κ2) is 10.9. The van der Waals surface area contributed by atoms with E-state index < -0.39 is 6.04 Å². The molecule has 2 aromatic heterocycles. The lowest BCUT2D eigenvalue weighted by Gasteiger charge is -2.40. The third kappa shape index (κ3) is 5.05. The zero-order chi connectivity index (χ0) is 27.6. The van der Waals surface area contributed by atoms with Crippen LogP contribution >= 0.6 is 0 Å². The van der Waals surface area contributed by atoms with Crippen LogP contribution in [0.4, 0.5) is 10.1 Å². The largest absolute Gasteiger partial charge is 0.495 e. The number of aryl methyl sites for hydroxylation is 1. The van der Waals surface area contributed by atoms with Gasteiger partial charge in [-0.3, -0.25) is 9.69 Å². The van der Waals surface area contributed by atoms with E-state index >= 15 is 0 Å². The van der Waals surface area contributed by atoms with Crippen molar-refractivity contribution in [2.75, 3.05) is 38.2 Å². The van der Waals surface area contributed by atoms with Crippen molar-refractivity contribution in [3.63, 3.8) is 0 Å². The average molecular weight is 540 g/mol. The van der Waals surface area contributed by atoms with Crippen LogP contribution in [0.5, 0.6) is 5.75 Å². The van der Waals surface area contributed by atoms with E-state index in [2.05, 4.69) is 42.4 Å². The summed E-state index contributed by atoms with van der Waals surface area (Å²) in [5.74, 6) is 1.09. The van der Waals surface area contributed by atoms with Crippen LogP contribution in [0, 0.1) is 12.7 Å². The van der Waals surface area contributed by atoms with Crippen molar-refractivity contribution in [3.8, 4) is 5.75 Å². The number of hydrogen-bond acceptors (Lipinski definition) is 7. The first kappa shape index (κ1) is 25.7. The Morgan fingerprint density at radius 3 is 2.55 bits per heavy atom. The third-order valence-electron chi connectivity index (χ3n) is 7.48. The van der Waals surface area contributed by atoms with Crippen molar-refractivity contribution in [1.29, 1.82) is 0 Å². The lowest BCUT2D eigenvalue weighted by atomic mass is 10.0. The molecule has 6 rings (SSSR count). The summed E-state index contributed by atoms with van der Waals surface area (Å²) in [6.07, 6.45) is 0. The van der Waals surface area contributed by atoms with Crippen LogP contribution in [-0.4, -0.2) is 63.4 Å². The summed E-state index contributed by atoms with van der Waals surface area (Å²) in [5, 5.41) is 13.6. The van der Waals surface area contributed by atoms with Gasteiger partial charge < -0.3 is 14.6 Å². The van der Waals surface area contributed by atoms with Gasteiger partial charge >= 0.3 is 0 Å². The van der Waals surface area contributed by atoms with Gasteiger partial charge in [0.2, 0.25) is 0 Å². The quantitative estimate of drug-likeness (QED) is 0.335. The van der Waals surface area contributed by atoms with E-state index in [-0.39, 0.29) is 11.4 Å². The summed E-state index contributed by atoms with van der Waals surface area (Å²) < 4.78 is 20.8. The molecule has 1 saturated heterocycles. The minimum absolute atomic E-state index is 0.176. The maximum atomic E-state index is 13.5. The molecule has 0 aliphatic carbocycles. The fourth-order valence-corrected chi connectivity index (χ4v) is 5.44. The van der Waals surface area contributed by atoms with E-state index in [4.69, 9.17) is 4.74 Å². The highest BCUT2D eigenvalue weighted by atomic mass is 19.1. The van der Waals surface area contributed by atoms with Crippen molar-refractivity contribution in [1.82, 2.24) is 30.1 Å². The van der Waals surface area contributed by atoms with Gasteiger partial charge in [-0.2, -0.15) is 0 Å². The topological polar surface area (TPSA) is 92.2 Å². The van der Waals surface area contributed by atoms with Crippen LogP contribution < -0.4 is 15.2 Å². The van der Waals surface area contributed by atoms with Crippen LogP contribution in [0.25, 0.3) is 10.9 Å². The molecule has 1 aliphatic heterocycles. The molecule has 204 valence electrons. The number of para-hydroxylation sites is 2. The number of piperazine rings is 1. The molecular weight excluding hydrogens is 509 g/mol. The average Bonchev–Trinajstić information content (AvgIpc) is 3.42. The number of methoxy groups -OCH3 is 1. The number of rotatable bonds is 7. The number of fused-ring (bicyclic) bond motifs is 1. The van der Waals surface area contributed by atoms with Crippen molar-refractivity contribution in [2.45, 2.75) is 19.5 Å². The van der Waals surface area contributed by atoms with Crippen LogP contribution in [0.15, 0.2) is 77.6 Å². The van der Waals surface area contributed by atoms with Gasteiger partial charge in [0.25, 0.3) is 5.56 Å². The Bertz CT molecular complexity index is 1690. The van der Waals surface area contributed by atoms with Crippen LogP contribution in [0.2, 0.25) is 0 Å². The summed E-state index contributed by atoms with van der Waals surface area (Å²) in [6.45, 7) is 5.21. The van der Waals surface area contributed by atoms with E-state index in [1.165, 1.54) is 12.1 Å². The number of tetrazole rings is 1. The van der Waals surface area contributed by atoms with Crippen LogP contribution in [0.3, 0.4) is 0 Å². The predicted molar refractivity (Wildman–Crippen MR) is 151 cm³/mol. The molecule has 0 bridgehead atoms. The summed E-state index contributed by atoms with van der Waals surface area (Å²) in [7, 11) is 1.68. The molecular formula is C30H30FN7O2. The predicted octanol–water partition coefficient (Wildman–Crippen LogP) is 3.93. The zero-order valence-corrected chi connectivity index (χ0v) is 22.4. The van der Waals surface area contributed by atoms with Crippen molar-refractivity contribution in [2.24, 2.45) is 0 Å². The fraction of sp³-hybridized carbons (Fsp3) is 0.267. The molecule has 1 N–H and O–H groups in total. The van der Waals surface area contributed by atoms with E-state index in [1.807, 2.05) is 43.3 Å². The zero-order valence-electron chi connectivity index (χ0n) is 22.4. The first-order valence-electron chi connectivity index (χ1n) is 13.3. The lowest BCUT2D eigenvalue weighted by molar-refractivity contribution is 0.200. The standard InChI is InChI=1S/C30H30FN7O2/c1-20-7-12-25-22(17-20)18-24(30(39)32-25)28(29-33-34-35-38(29)19-21-8-10-23(31)11-9-21)37-15-13-36(14-16-37)26-5-3-4-6-27(26)40-2/h3-12,17-18,28H,13-16,19H2,1-2H3,(H,32,39)/t28-/m1/s1. The normalized spacial score (nSPS) is 14.9. The first-order chi connectivity index (χ1) is 19.5. The molecule has 9 nitrogen and oxygen atoms in total. The second-order valence-corrected chi connectivity index (χ2v) is 10.1. The highest BCUT2D eigenvalue weighted by Gasteiger charge is 2.33. The van der Waals surface area contributed by atoms with Crippen LogP contribution in [0.1, 0.15) is 28.6 Å². The fourth-order valence-electron chi connectivity index (χ4n) is 5.44. The molecule has 40 heavy (non-hydrogen) atoms. The molecule has 0 saturated carbocycles. The summed E-state index contributed by atoms with van der Waals surface area (Å²) >= 11 is 0. The van der Waals surface area contributed by atoms with Gasteiger partial charge in [-0.1, -0.05) is 35.9 Å². The molecule has 0 spiro atoms. The Balaban J connectivity index is 1.38. The third-order valence-corrected chi connectivity index (χ3v) is 7.48. The number of benzene rings is 3. The number of ether oxygens (including phenoxy) is 1. The van der Waals surface area contributed by atoms with Gasteiger partial charge in [0.1, 0.15) is 17.6 Å². The molecule has 5 aromatic rings. The Labute approximate surface area is 230 Å². The van der Waals surface area contributed by atoms with Crippen LogP contribution in [-0.2, 0) is 6.54 Å². The summed E-state index contributed by atoms with van der Waals surface area (Å²) in [6, 6.07) is 21.7. The van der Waals surface area contributed by atoms with Crippen molar-refractivity contribution >= 4 is 16.6 Å². The molecule has 0 amide bonds. The van der Waals surface area contributed by atoms with E-state index in [9.17, 15) is 9.18 Å². The Kier molecular flexibility index (Phi) is 7.00. The second-order valence-electron chi connectivity index (χ2n) is 10.1. The van der Waals surface area contributed by atoms with E-state index in [1.54, 1.807) is 23.9 Å². The Morgan fingerprint density at radius 2 is 1.77 bits per heavy atom. The number of aromatic amines is 1. The van der Waals surface area contributed by atoms with Crippen molar-refractivity contribution < 1.29 is 9.13 Å². The maximum Gasteiger partial charge on any atom is 0.253 e. The summed E-state index contributed by atoms with van der Waals surface area (Å²) in [5.41, 5.74) is 4.20. The maximum absolute atomic E-state index is 13.5. The lowest BCUT2D eigenvalue weighted by Crippen LogP contribution is -2.49. The number of anilines is 1. The van der Waals surface area contributed by atoms with Gasteiger partial charge in [-0.05, 0) is 70.8 Å². The number of pyridine rings is 1.